The predicted octanol–water partition coefficient (Wildman–Crippen LogP) is 2.21. The average molecular weight is 337 g/mol. The highest BCUT2D eigenvalue weighted by Gasteiger charge is 2.31. The van der Waals surface area contributed by atoms with Crippen molar-refractivity contribution in [3.05, 3.63) is 60.2 Å². The highest BCUT2D eigenvalue weighted by atomic mass is 16.5. The van der Waals surface area contributed by atoms with Gasteiger partial charge < -0.3 is 10.1 Å². The summed E-state index contributed by atoms with van der Waals surface area (Å²) in [5.41, 5.74) is 0.664. The van der Waals surface area contributed by atoms with Gasteiger partial charge in [-0.05, 0) is 36.4 Å². The third kappa shape index (κ3) is 3.83. The van der Waals surface area contributed by atoms with Crippen LogP contribution in [0.1, 0.15) is 10.4 Å². The summed E-state index contributed by atoms with van der Waals surface area (Å²) < 4.78 is 5.76. The number of hydrogen-bond acceptors (Lipinski definition) is 4. The van der Waals surface area contributed by atoms with Gasteiger partial charge in [0.15, 0.2) is 0 Å². The van der Waals surface area contributed by atoms with Crippen LogP contribution < -0.4 is 10.1 Å². The predicted molar refractivity (Wildman–Crippen MR) is 97.1 cm³/mol. The van der Waals surface area contributed by atoms with Crippen LogP contribution in [-0.4, -0.2) is 61.0 Å². The van der Waals surface area contributed by atoms with Crippen LogP contribution in [0.2, 0.25) is 0 Å². The molecular weight excluding hydrogens is 314 g/mol. The second-order valence-electron chi connectivity index (χ2n) is 6.64. The highest BCUT2D eigenvalue weighted by Crippen LogP contribution is 2.21. The van der Waals surface area contributed by atoms with Gasteiger partial charge in [0.2, 0.25) is 0 Å². The molecule has 0 saturated carbocycles. The van der Waals surface area contributed by atoms with Crippen molar-refractivity contribution in [3.63, 3.8) is 0 Å². The van der Waals surface area contributed by atoms with E-state index in [2.05, 4.69) is 15.1 Å². The second-order valence-corrected chi connectivity index (χ2v) is 6.64. The molecule has 0 aliphatic carbocycles. The molecule has 3 saturated heterocycles. The number of nitrogens with one attached hydrogen (secondary N) is 1. The van der Waals surface area contributed by atoms with Crippen molar-refractivity contribution in [3.8, 4) is 11.5 Å². The lowest BCUT2D eigenvalue weighted by Crippen LogP contribution is -2.63. The molecule has 1 amide bonds. The first-order valence-corrected chi connectivity index (χ1v) is 8.85. The molecule has 5 rings (SSSR count). The van der Waals surface area contributed by atoms with Crippen molar-refractivity contribution in [2.75, 3.05) is 39.3 Å². The average Bonchev–Trinajstić information content (AvgIpc) is 2.68. The first-order valence-electron chi connectivity index (χ1n) is 8.85. The van der Waals surface area contributed by atoms with Crippen LogP contribution in [0.25, 0.3) is 0 Å². The topological polar surface area (TPSA) is 44.8 Å². The van der Waals surface area contributed by atoms with Gasteiger partial charge in [0.1, 0.15) is 11.5 Å². The molecule has 1 N–H and O–H groups in total. The van der Waals surface area contributed by atoms with Gasteiger partial charge >= 0.3 is 0 Å². The van der Waals surface area contributed by atoms with E-state index >= 15 is 0 Å². The van der Waals surface area contributed by atoms with Crippen LogP contribution in [0.5, 0.6) is 11.5 Å². The van der Waals surface area contributed by atoms with Crippen molar-refractivity contribution in [1.29, 1.82) is 0 Å². The molecule has 1 unspecified atom stereocenters. The van der Waals surface area contributed by atoms with Crippen molar-refractivity contribution >= 4 is 5.91 Å². The van der Waals surface area contributed by atoms with Crippen LogP contribution in [0, 0.1) is 0 Å². The van der Waals surface area contributed by atoms with Gasteiger partial charge in [0.25, 0.3) is 5.91 Å². The Kier molecular flexibility index (Phi) is 4.68. The molecular formula is C20H23N3O2. The number of para-hydroxylation sites is 1. The number of amides is 1. The summed E-state index contributed by atoms with van der Waals surface area (Å²) in [6.45, 7) is 6.32. The second kappa shape index (κ2) is 7.25. The number of piperazine rings is 3. The summed E-state index contributed by atoms with van der Waals surface area (Å²) in [5.74, 6) is 1.49. The Bertz CT molecular complexity index is 709. The molecule has 1 atom stereocenters. The fourth-order valence-electron chi connectivity index (χ4n) is 3.53. The normalized spacial score (nSPS) is 24.7. The van der Waals surface area contributed by atoms with E-state index in [4.69, 9.17) is 4.74 Å². The summed E-state index contributed by atoms with van der Waals surface area (Å²) in [6, 6.07) is 17.4. The molecule has 2 aromatic carbocycles. The standard InChI is InChI=1S/C20H23N3O2/c24-20(21-14-17-15-22-10-12-23(17)13-11-22)16-6-8-19(9-7-16)25-18-4-2-1-3-5-18/h1-9,17H,10-15H2,(H,21,24). The first kappa shape index (κ1) is 16.1. The maximum absolute atomic E-state index is 12.4. The lowest BCUT2D eigenvalue weighted by atomic mass is 10.1. The molecule has 3 aliphatic rings. The quantitative estimate of drug-likeness (QED) is 0.909. The third-order valence-electron chi connectivity index (χ3n) is 4.99. The molecule has 3 aliphatic heterocycles. The van der Waals surface area contributed by atoms with Crippen LogP contribution >= 0.6 is 0 Å². The minimum atomic E-state index is -0.0242. The van der Waals surface area contributed by atoms with Crippen molar-refractivity contribution in [2.24, 2.45) is 0 Å². The number of fused-ring (bicyclic) bond motifs is 3. The molecule has 5 nitrogen and oxygen atoms in total. The van der Waals surface area contributed by atoms with Crippen molar-refractivity contribution in [2.45, 2.75) is 6.04 Å². The van der Waals surface area contributed by atoms with E-state index < -0.39 is 0 Å². The van der Waals surface area contributed by atoms with Gasteiger partial charge in [-0.25, -0.2) is 0 Å². The van der Waals surface area contributed by atoms with Crippen LogP contribution in [0.3, 0.4) is 0 Å². The number of carbonyl (C=O) groups excluding carboxylic acids is 1. The van der Waals surface area contributed by atoms with E-state index in [-0.39, 0.29) is 5.91 Å². The number of ether oxygens (including phenoxy) is 1. The summed E-state index contributed by atoms with van der Waals surface area (Å²) in [7, 11) is 0. The zero-order chi connectivity index (χ0) is 17.1. The summed E-state index contributed by atoms with van der Waals surface area (Å²) >= 11 is 0. The molecule has 2 aromatic rings. The molecule has 0 radical (unpaired) electrons. The first-order chi connectivity index (χ1) is 12.3. The molecule has 25 heavy (non-hydrogen) atoms. The Hall–Kier alpha value is -2.37. The number of benzene rings is 2. The molecule has 5 heteroatoms. The SMILES string of the molecule is O=C(NCC1CN2CCN1CC2)c1ccc(Oc2ccccc2)cc1. The zero-order valence-electron chi connectivity index (χ0n) is 14.2. The molecule has 130 valence electrons. The van der Waals surface area contributed by atoms with Gasteiger partial charge in [-0.2, -0.15) is 0 Å². The Labute approximate surface area is 148 Å². The Morgan fingerprint density at radius 2 is 1.64 bits per heavy atom. The minimum absolute atomic E-state index is 0.0242. The third-order valence-corrected chi connectivity index (χ3v) is 4.99. The Balaban J connectivity index is 1.31. The van der Waals surface area contributed by atoms with E-state index in [0.29, 0.717) is 18.2 Å². The number of carbonyl (C=O) groups is 1. The zero-order valence-corrected chi connectivity index (χ0v) is 14.2. The van der Waals surface area contributed by atoms with Crippen LogP contribution in [0.15, 0.2) is 54.6 Å². The summed E-state index contributed by atoms with van der Waals surface area (Å²) in [4.78, 5) is 17.3. The minimum Gasteiger partial charge on any atom is -0.457 e. The number of rotatable bonds is 5. The van der Waals surface area contributed by atoms with E-state index in [0.717, 1.165) is 44.2 Å². The summed E-state index contributed by atoms with van der Waals surface area (Å²) in [5, 5.41) is 3.07. The van der Waals surface area contributed by atoms with Gasteiger partial charge in [-0.15, -0.1) is 0 Å². The number of hydrogen-bond donors (Lipinski definition) is 1. The maximum Gasteiger partial charge on any atom is 0.251 e. The lowest BCUT2D eigenvalue weighted by Gasteiger charge is -2.47. The van der Waals surface area contributed by atoms with E-state index in [1.807, 2.05) is 54.6 Å². The monoisotopic (exact) mass is 337 g/mol. The number of nitrogens with zero attached hydrogens (tertiary/aromatic N) is 2. The van der Waals surface area contributed by atoms with E-state index in [1.54, 1.807) is 0 Å². The van der Waals surface area contributed by atoms with Crippen LogP contribution in [0.4, 0.5) is 0 Å². The lowest BCUT2D eigenvalue weighted by molar-refractivity contribution is 0.0138. The maximum atomic E-state index is 12.4. The van der Waals surface area contributed by atoms with Gasteiger partial charge in [-0.1, -0.05) is 18.2 Å². The fourth-order valence-corrected chi connectivity index (χ4v) is 3.53. The van der Waals surface area contributed by atoms with Crippen molar-refractivity contribution in [1.82, 2.24) is 15.1 Å². The molecule has 3 heterocycles. The van der Waals surface area contributed by atoms with Crippen molar-refractivity contribution < 1.29 is 9.53 Å². The Morgan fingerprint density at radius 3 is 2.28 bits per heavy atom. The smallest absolute Gasteiger partial charge is 0.251 e. The largest absolute Gasteiger partial charge is 0.457 e. The molecule has 0 spiro atoms. The van der Waals surface area contributed by atoms with Crippen LogP contribution in [-0.2, 0) is 0 Å². The molecule has 2 bridgehead atoms. The highest BCUT2D eigenvalue weighted by molar-refractivity contribution is 5.94. The van der Waals surface area contributed by atoms with Gasteiger partial charge in [0, 0.05) is 50.9 Å². The van der Waals surface area contributed by atoms with Gasteiger partial charge in [0.05, 0.1) is 0 Å². The fraction of sp³-hybridized carbons (Fsp3) is 0.350. The molecule has 3 fully saturated rings. The molecule has 0 aromatic heterocycles. The van der Waals surface area contributed by atoms with Gasteiger partial charge in [-0.3, -0.25) is 14.6 Å². The van der Waals surface area contributed by atoms with E-state index in [9.17, 15) is 4.79 Å². The summed E-state index contributed by atoms with van der Waals surface area (Å²) in [6.07, 6.45) is 0. The van der Waals surface area contributed by atoms with E-state index in [1.165, 1.54) is 0 Å². The Morgan fingerprint density at radius 1 is 0.960 bits per heavy atom.